The number of carbonyl (C=O) groups excluding carboxylic acids is 2. The number of para-hydroxylation sites is 1. The van der Waals surface area contributed by atoms with E-state index >= 15 is 0 Å². The molecule has 0 amide bonds. The Bertz CT molecular complexity index is 1300. The van der Waals surface area contributed by atoms with Gasteiger partial charge in [-0.2, -0.15) is 0 Å². The molecule has 13 atom stereocenters. The van der Waals surface area contributed by atoms with Gasteiger partial charge in [-0.3, -0.25) is 0 Å². The van der Waals surface area contributed by atoms with Crippen molar-refractivity contribution in [3.05, 3.63) is 48.3 Å². The van der Waals surface area contributed by atoms with Crippen molar-refractivity contribution in [3.63, 3.8) is 0 Å². The molecule has 1 aromatic carbocycles. The van der Waals surface area contributed by atoms with E-state index in [1.54, 1.807) is 0 Å². The molecule has 0 radical (unpaired) electrons. The fourth-order valence-electron chi connectivity index (χ4n) is 5.74. The normalized spacial score (nSPS) is 39.2. The number of benzene rings is 1. The van der Waals surface area contributed by atoms with Gasteiger partial charge in [0.15, 0.2) is 23.9 Å². The molecule has 3 fully saturated rings. The quantitative estimate of drug-likeness (QED) is 0.0983. The smallest absolute Gasteiger partial charge is 0.342 e. The highest BCUT2D eigenvalue weighted by atomic mass is 16.8. The van der Waals surface area contributed by atoms with E-state index in [0.29, 0.717) is 12.0 Å². The number of fused-ring (bicyclic) bond motifs is 1. The van der Waals surface area contributed by atoms with Gasteiger partial charge in [-0.15, -0.1) is 6.58 Å². The van der Waals surface area contributed by atoms with Gasteiger partial charge in [0.25, 0.3) is 0 Å². The Balaban J connectivity index is 1.30. The molecule has 0 spiro atoms. The molecule has 4 aliphatic heterocycles. The lowest BCUT2D eigenvalue weighted by Gasteiger charge is -2.44. The number of phenols is 1. The SMILES string of the molecule is C=C[C@H]1[C@H](O[C@@H]2O[C@H](CO)[C@@H](OC(=O)c3cccc(O)c3O[C@@H]3O[C@H](CO)[C@@H](O)[C@H](O)[C@H]3O)[C@H](O)[C@H]2O)OC=C2C(=O)OCC[C@H]21. The van der Waals surface area contributed by atoms with E-state index in [-0.39, 0.29) is 12.5 Å². The summed E-state index contributed by atoms with van der Waals surface area (Å²) < 4.78 is 38.2. The number of hydrogen-bond acceptors (Lipinski definition) is 17. The van der Waals surface area contributed by atoms with Crippen molar-refractivity contribution in [2.24, 2.45) is 11.8 Å². The molecule has 0 aliphatic carbocycles. The maximum absolute atomic E-state index is 13.3. The first kappa shape index (κ1) is 34.0. The van der Waals surface area contributed by atoms with Gasteiger partial charge >= 0.3 is 11.9 Å². The van der Waals surface area contributed by atoms with Crippen LogP contribution in [0.15, 0.2) is 42.7 Å². The molecule has 1 aromatic rings. The number of carbonyl (C=O) groups is 2. The number of hydrogen-bond donors (Lipinski definition) is 8. The maximum atomic E-state index is 13.3. The van der Waals surface area contributed by atoms with Crippen LogP contribution in [0.1, 0.15) is 16.8 Å². The number of esters is 2. The van der Waals surface area contributed by atoms with Gasteiger partial charge < -0.3 is 74.0 Å². The monoisotopic (exact) mass is 656 g/mol. The predicted molar refractivity (Wildman–Crippen MR) is 146 cm³/mol. The topological polar surface area (TPSA) is 261 Å². The van der Waals surface area contributed by atoms with Crippen LogP contribution in [0.5, 0.6) is 11.5 Å². The molecule has 0 aromatic heterocycles. The Labute approximate surface area is 261 Å². The number of aromatic hydroxyl groups is 1. The molecule has 8 N–H and O–H groups in total. The zero-order valence-corrected chi connectivity index (χ0v) is 24.2. The van der Waals surface area contributed by atoms with Crippen LogP contribution in [0, 0.1) is 11.8 Å². The first-order valence-electron chi connectivity index (χ1n) is 14.4. The summed E-state index contributed by atoms with van der Waals surface area (Å²) in [7, 11) is 0. The van der Waals surface area contributed by atoms with Gasteiger partial charge in [0, 0.05) is 11.8 Å². The number of phenolic OH excluding ortho intramolecular Hbond substituents is 1. The molecule has 4 aliphatic rings. The standard InChI is InChI=1S/C29H36O17/c1-2-11-12-6-7-40-25(38)14(12)10-41-27(11)46-29-22(37)20(35)24(17(9-31)43-29)44-26(39)13-4-3-5-15(32)23(13)45-28-21(36)19(34)18(33)16(8-30)42-28/h2-5,10-12,16-22,24,27-37H,1,6-9H2/t11-,12+,16-,17-,18-,19+,20-,21-,22-,24-,27+,28+,29+/m1/s1. The van der Waals surface area contributed by atoms with E-state index in [2.05, 4.69) is 6.58 Å². The Morgan fingerprint density at radius 1 is 0.935 bits per heavy atom. The average Bonchev–Trinajstić information content (AvgIpc) is 3.05. The summed E-state index contributed by atoms with van der Waals surface area (Å²) in [6.07, 6.45) is -14.9. The minimum Gasteiger partial charge on any atom is -0.504 e. The van der Waals surface area contributed by atoms with Crippen LogP contribution >= 0.6 is 0 Å². The van der Waals surface area contributed by atoms with Crippen molar-refractivity contribution in [1.29, 1.82) is 0 Å². The number of aliphatic hydroxyl groups excluding tert-OH is 7. The van der Waals surface area contributed by atoms with Gasteiger partial charge in [0.2, 0.25) is 12.6 Å². The van der Waals surface area contributed by atoms with Crippen LogP contribution < -0.4 is 4.74 Å². The molecular weight excluding hydrogens is 620 g/mol. The molecule has 0 unspecified atom stereocenters. The second-order valence-corrected chi connectivity index (χ2v) is 11.1. The minimum absolute atomic E-state index is 0.174. The van der Waals surface area contributed by atoms with Crippen molar-refractivity contribution in [3.8, 4) is 11.5 Å². The third-order valence-electron chi connectivity index (χ3n) is 8.31. The van der Waals surface area contributed by atoms with E-state index in [9.17, 15) is 50.4 Å². The second kappa shape index (κ2) is 14.2. The number of rotatable bonds is 9. The lowest BCUT2D eigenvalue weighted by Crippen LogP contribution is -2.61. The highest BCUT2D eigenvalue weighted by Gasteiger charge is 2.51. The Morgan fingerprint density at radius 3 is 2.33 bits per heavy atom. The molecular formula is C29H36O17. The van der Waals surface area contributed by atoms with Crippen LogP contribution in [0.2, 0.25) is 0 Å². The van der Waals surface area contributed by atoms with Crippen LogP contribution in [0.25, 0.3) is 0 Å². The van der Waals surface area contributed by atoms with Crippen molar-refractivity contribution in [2.75, 3.05) is 19.8 Å². The summed E-state index contributed by atoms with van der Waals surface area (Å²) in [4.78, 5) is 25.4. The van der Waals surface area contributed by atoms with Gasteiger partial charge in [0.1, 0.15) is 48.3 Å². The Morgan fingerprint density at radius 2 is 1.63 bits per heavy atom. The zero-order valence-electron chi connectivity index (χ0n) is 24.2. The third kappa shape index (κ3) is 6.43. The molecule has 5 rings (SSSR count). The summed E-state index contributed by atoms with van der Waals surface area (Å²) in [6, 6.07) is 3.51. The average molecular weight is 657 g/mol. The molecule has 4 heterocycles. The van der Waals surface area contributed by atoms with Crippen molar-refractivity contribution < 1.29 is 83.6 Å². The first-order chi connectivity index (χ1) is 22.0. The maximum Gasteiger partial charge on any atom is 0.342 e. The predicted octanol–water partition coefficient (Wildman–Crippen LogP) is -2.84. The van der Waals surface area contributed by atoms with Crippen LogP contribution in [0.4, 0.5) is 0 Å². The molecule has 0 bridgehead atoms. The summed E-state index contributed by atoms with van der Waals surface area (Å²) in [5.41, 5.74) is -0.171. The number of aliphatic hydroxyl groups is 7. The summed E-state index contributed by atoms with van der Waals surface area (Å²) in [5, 5.41) is 82.3. The minimum atomic E-state index is -1.88. The highest BCUT2D eigenvalue weighted by molar-refractivity contribution is 5.93. The number of ether oxygens (including phenoxy) is 7. The fourth-order valence-corrected chi connectivity index (χ4v) is 5.74. The van der Waals surface area contributed by atoms with E-state index in [1.165, 1.54) is 18.4 Å². The van der Waals surface area contributed by atoms with E-state index < -0.39 is 116 Å². The third-order valence-corrected chi connectivity index (χ3v) is 8.31. The van der Waals surface area contributed by atoms with Crippen LogP contribution in [-0.2, 0) is 33.2 Å². The molecule has 17 heteroatoms. The van der Waals surface area contributed by atoms with Gasteiger partial charge in [-0.05, 0) is 18.6 Å². The van der Waals surface area contributed by atoms with Crippen LogP contribution in [0.3, 0.4) is 0 Å². The largest absolute Gasteiger partial charge is 0.504 e. The Hall–Kier alpha value is -3.36. The molecule has 3 saturated heterocycles. The van der Waals surface area contributed by atoms with Crippen LogP contribution in [-0.4, -0.2) is 140 Å². The Kier molecular flexibility index (Phi) is 10.5. The molecule has 17 nitrogen and oxygen atoms in total. The zero-order chi connectivity index (χ0) is 33.3. The van der Waals surface area contributed by atoms with Gasteiger partial charge in [0.05, 0.1) is 31.7 Å². The summed E-state index contributed by atoms with van der Waals surface area (Å²) in [5.74, 6) is -3.92. The lowest BCUT2D eigenvalue weighted by atomic mass is 9.81. The number of cyclic esters (lactones) is 1. The van der Waals surface area contributed by atoms with Gasteiger partial charge in [-0.25, -0.2) is 9.59 Å². The first-order valence-corrected chi connectivity index (χ1v) is 14.4. The van der Waals surface area contributed by atoms with Crippen molar-refractivity contribution in [2.45, 2.75) is 74.1 Å². The fraction of sp³-hybridized carbons (Fsp3) is 0.586. The van der Waals surface area contributed by atoms with E-state index in [0.717, 1.165) is 12.1 Å². The molecule has 0 saturated carbocycles. The highest BCUT2D eigenvalue weighted by Crippen LogP contribution is 2.39. The molecule has 46 heavy (non-hydrogen) atoms. The van der Waals surface area contributed by atoms with Crippen molar-refractivity contribution in [1.82, 2.24) is 0 Å². The van der Waals surface area contributed by atoms with Crippen molar-refractivity contribution >= 4 is 11.9 Å². The van der Waals surface area contributed by atoms with E-state index in [1.807, 2.05) is 0 Å². The second-order valence-electron chi connectivity index (χ2n) is 11.1. The van der Waals surface area contributed by atoms with E-state index in [4.69, 9.17) is 33.2 Å². The summed E-state index contributed by atoms with van der Waals surface area (Å²) in [6.45, 7) is 2.38. The lowest BCUT2D eigenvalue weighted by molar-refractivity contribution is -0.339. The van der Waals surface area contributed by atoms with Gasteiger partial charge in [-0.1, -0.05) is 12.1 Å². The summed E-state index contributed by atoms with van der Waals surface area (Å²) >= 11 is 0. The molecule has 254 valence electrons.